The number of fused-ring (bicyclic) bond motifs is 2. The lowest BCUT2D eigenvalue weighted by Crippen LogP contribution is -2.58. The minimum Gasteiger partial charge on any atom is -0.496 e. The summed E-state index contributed by atoms with van der Waals surface area (Å²) in [7, 11) is 1.71. The number of hydrogen-bond donors (Lipinski definition) is 1. The summed E-state index contributed by atoms with van der Waals surface area (Å²) < 4.78 is 16.8. The van der Waals surface area contributed by atoms with Gasteiger partial charge in [-0.25, -0.2) is 4.98 Å². The maximum absolute atomic E-state index is 12.1. The van der Waals surface area contributed by atoms with E-state index < -0.39 is 5.60 Å². The monoisotopic (exact) mass is 427 g/mol. The van der Waals surface area contributed by atoms with Crippen molar-refractivity contribution in [1.82, 2.24) is 14.9 Å². The predicted molar refractivity (Wildman–Crippen MR) is 117 cm³/mol. The molecule has 2 aliphatic rings. The van der Waals surface area contributed by atoms with Gasteiger partial charge in [0.25, 0.3) is 0 Å². The van der Waals surface area contributed by atoms with Crippen molar-refractivity contribution in [3.8, 4) is 17.6 Å². The van der Waals surface area contributed by atoms with Gasteiger partial charge in [0.15, 0.2) is 0 Å². The highest BCUT2D eigenvalue weighted by molar-refractivity contribution is 5.36. The van der Waals surface area contributed by atoms with Crippen LogP contribution in [0.5, 0.6) is 17.6 Å². The average molecular weight is 428 g/mol. The highest BCUT2D eigenvalue weighted by Crippen LogP contribution is 2.51. The summed E-state index contributed by atoms with van der Waals surface area (Å²) in [5, 5.41) is 12.1. The van der Waals surface area contributed by atoms with Gasteiger partial charge in [-0.05, 0) is 32.8 Å². The molecule has 1 aromatic heterocycles. The van der Waals surface area contributed by atoms with E-state index in [4.69, 9.17) is 14.2 Å². The maximum atomic E-state index is 12.1. The number of benzene rings is 1. The second-order valence-corrected chi connectivity index (χ2v) is 8.39. The largest absolute Gasteiger partial charge is 0.496 e. The van der Waals surface area contributed by atoms with Gasteiger partial charge in [0.1, 0.15) is 11.4 Å². The highest BCUT2D eigenvalue weighted by atomic mass is 16.5. The van der Waals surface area contributed by atoms with E-state index in [0.29, 0.717) is 24.7 Å². The lowest BCUT2D eigenvalue weighted by molar-refractivity contribution is -0.150. The Hall–Kier alpha value is -2.38. The summed E-state index contributed by atoms with van der Waals surface area (Å²) in [6.45, 7) is 7.21. The van der Waals surface area contributed by atoms with Crippen LogP contribution in [0.1, 0.15) is 44.2 Å². The topological polar surface area (TPSA) is 76.9 Å². The molecule has 2 unspecified atom stereocenters. The summed E-state index contributed by atoms with van der Waals surface area (Å²) in [6.07, 6.45) is 4.77. The van der Waals surface area contributed by atoms with Gasteiger partial charge in [-0.15, -0.1) is 0 Å². The molecule has 4 rings (SSSR count). The first-order valence-corrected chi connectivity index (χ1v) is 11.3. The van der Waals surface area contributed by atoms with Gasteiger partial charge < -0.3 is 19.3 Å². The van der Waals surface area contributed by atoms with Gasteiger partial charge in [0, 0.05) is 43.2 Å². The predicted octanol–water partition coefficient (Wildman–Crippen LogP) is 3.40. The van der Waals surface area contributed by atoms with Crippen molar-refractivity contribution in [2.24, 2.45) is 11.8 Å². The zero-order valence-electron chi connectivity index (χ0n) is 18.7. The van der Waals surface area contributed by atoms with Crippen molar-refractivity contribution >= 4 is 0 Å². The molecule has 2 heterocycles. The summed E-state index contributed by atoms with van der Waals surface area (Å²) in [5.74, 6) is 1.54. The number of methoxy groups -OCH3 is 1. The SMILES string of the molecule is CCOc1ncc(C2(O)C3CCCC2CN(Cc2ccccc2OC)C3)c(OCC)n1. The Labute approximate surface area is 184 Å². The molecule has 0 spiro atoms. The smallest absolute Gasteiger partial charge is 0.319 e. The lowest BCUT2D eigenvalue weighted by atomic mass is 9.63. The van der Waals surface area contributed by atoms with Crippen LogP contribution in [0.25, 0.3) is 0 Å². The summed E-state index contributed by atoms with van der Waals surface area (Å²) in [6, 6.07) is 8.44. The molecule has 1 aromatic carbocycles. The Morgan fingerprint density at radius 2 is 1.81 bits per heavy atom. The number of aromatic nitrogens is 2. The second-order valence-electron chi connectivity index (χ2n) is 8.39. The Bertz CT molecular complexity index is 877. The van der Waals surface area contributed by atoms with E-state index in [-0.39, 0.29) is 17.8 Å². The molecule has 31 heavy (non-hydrogen) atoms. The average Bonchev–Trinajstić information content (AvgIpc) is 2.75. The number of para-hydroxylation sites is 1. The molecule has 168 valence electrons. The number of aliphatic hydroxyl groups is 1. The minimum atomic E-state index is -0.995. The van der Waals surface area contributed by atoms with Gasteiger partial charge in [-0.3, -0.25) is 4.90 Å². The van der Waals surface area contributed by atoms with E-state index in [1.807, 2.05) is 32.0 Å². The first kappa shape index (κ1) is 21.8. The van der Waals surface area contributed by atoms with Gasteiger partial charge >= 0.3 is 6.01 Å². The van der Waals surface area contributed by atoms with Gasteiger partial charge in [-0.1, -0.05) is 24.6 Å². The zero-order chi connectivity index (χ0) is 21.8. The first-order chi connectivity index (χ1) is 15.1. The van der Waals surface area contributed by atoms with Crippen molar-refractivity contribution in [1.29, 1.82) is 0 Å². The Morgan fingerprint density at radius 3 is 2.48 bits per heavy atom. The summed E-state index contributed by atoms with van der Waals surface area (Å²) >= 11 is 0. The molecule has 1 saturated heterocycles. The van der Waals surface area contributed by atoms with Crippen molar-refractivity contribution in [2.45, 2.75) is 45.3 Å². The van der Waals surface area contributed by atoms with Gasteiger partial charge in [-0.2, -0.15) is 4.98 Å². The molecule has 0 amide bonds. The van der Waals surface area contributed by atoms with Crippen molar-refractivity contribution in [3.05, 3.63) is 41.6 Å². The number of ether oxygens (including phenoxy) is 3. The molecule has 2 aromatic rings. The fourth-order valence-corrected chi connectivity index (χ4v) is 5.26. The Morgan fingerprint density at radius 1 is 1.10 bits per heavy atom. The van der Waals surface area contributed by atoms with Crippen molar-refractivity contribution < 1.29 is 19.3 Å². The van der Waals surface area contributed by atoms with Crippen LogP contribution in [0, 0.1) is 11.8 Å². The quantitative estimate of drug-likeness (QED) is 0.692. The fraction of sp³-hybridized carbons (Fsp3) is 0.583. The first-order valence-electron chi connectivity index (χ1n) is 11.3. The molecule has 7 heteroatoms. The van der Waals surface area contributed by atoms with Crippen LogP contribution in [0.3, 0.4) is 0 Å². The Kier molecular flexibility index (Phi) is 6.62. The molecule has 0 radical (unpaired) electrons. The Balaban J connectivity index is 1.62. The fourth-order valence-electron chi connectivity index (χ4n) is 5.26. The second kappa shape index (κ2) is 9.40. The standard InChI is InChI=1S/C24H33N3O4/c1-4-30-22-20(13-25-23(26-22)31-5-2)24(28)18-10-8-11-19(24)16-27(15-18)14-17-9-6-7-12-21(17)29-3/h6-7,9,12-13,18-19,28H,4-5,8,10-11,14-16H2,1-3H3. The molecule has 7 nitrogen and oxygen atoms in total. The molecular weight excluding hydrogens is 394 g/mol. The van der Waals surface area contributed by atoms with Gasteiger partial charge in [0.2, 0.25) is 5.88 Å². The molecule has 1 N–H and O–H groups in total. The molecule has 1 saturated carbocycles. The number of piperidine rings is 1. The van der Waals surface area contributed by atoms with E-state index in [1.165, 1.54) is 5.56 Å². The van der Waals surface area contributed by atoms with Crippen LogP contribution in [0.15, 0.2) is 30.5 Å². The van der Waals surface area contributed by atoms with Crippen LogP contribution in [-0.4, -0.2) is 53.4 Å². The number of likely N-dealkylation sites (tertiary alicyclic amines) is 1. The van der Waals surface area contributed by atoms with Crippen LogP contribution in [0.2, 0.25) is 0 Å². The highest BCUT2D eigenvalue weighted by Gasteiger charge is 2.53. The molecule has 1 aliphatic carbocycles. The number of nitrogens with zero attached hydrogens (tertiary/aromatic N) is 3. The summed E-state index contributed by atoms with van der Waals surface area (Å²) in [4.78, 5) is 11.3. The van der Waals surface area contributed by atoms with E-state index >= 15 is 0 Å². The number of hydrogen-bond acceptors (Lipinski definition) is 7. The third-order valence-electron chi connectivity index (χ3n) is 6.61. The molecule has 2 fully saturated rings. The van der Waals surface area contributed by atoms with Crippen molar-refractivity contribution in [2.75, 3.05) is 33.4 Å². The van der Waals surface area contributed by atoms with Crippen LogP contribution >= 0.6 is 0 Å². The summed E-state index contributed by atoms with van der Waals surface area (Å²) in [5.41, 5.74) is 0.877. The van der Waals surface area contributed by atoms with E-state index in [0.717, 1.165) is 44.6 Å². The van der Waals surface area contributed by atoms with E-state index in [9.17, 15) is 5.11 Å². The lowest BCUT2D eigenvalue weighted by Gasteiger charge is -2.53. The molecular formula is C24H33N3O4. The molecule has 1 aliphatic heterocycles. The zero-order valence-corrected chi connectivity index (χ0v) is 18.7. The maximum Gasteiger partial charge on any atom is 0.319 e. The molecule has 2 bridgehead atoms. The van der Waals surface area contributed by atoms with Crippen LogP contribution in [0.4, 0.5) is 0 Å². The van der Waals surface area contributed by atoms with Crippen molar-refractivity contribution in [3.63, 3.8) is 0 Å². The van der Waals surface area contributed by atoms with Crippen LogP contribution < -0.4 is 14.2 Å². The third-order valence-corrected chi connectivity index (χ3v) is 6.61. The number of rotatable bonds is 8. The van der Waals surface area contributed by atoms with E-state index in [2.05, 4.69) is 20.9 Å². The molecule has 2 atom stereocenters. The third kappa shape index (κ3) is 4.21. The van der Waals surface area contributed by atoms with E-state index in [1.54, 1.807) is 13.3 Å². The van der Waals surface area contributed by atoms with Crippen LogP contribution in [-0.2, 0) is 12.1 Å². The normalized spacial score (nSPS) is 25.8. The minimum absolute atomic E-state index is 0.0930. The van der Waals surface area contributed by atoms with Gasteiger partial charge in [0.05, 0.1) is 25.9 Å².